The molecule has 0 aromatic rings. The Bertz CT molecular complexity index is 700. The first kappa shape index (κ1) is 35.5. The van der Waals surface area contributed by atoms with Crippen molar-refractivity contribution in [3.05, 3.63) is 12.2 Å². The van der Waals surface area contributed by atoms with Crippen molar-refractivity contribution in [2.45, 2.75) is 146 Å². The van der Waals surface area contributed by atoms with Gasteiger partial charge in [0.15, 0.2) is 12.2 Å². The predicted octanol–water partition coefficient (Wildman–Crippen LogP) is 3.77. The Morgan fingerprint density at radius 2 is 1.46 bits per heavy atom. The predicted molar refractivity (Wildman–Crippen MR) is 146 cm³/mol. The summed E-state index contributed by atoms with van der Waals surface area (Å²) in [5.41, 5.74) is -2.28. The zero-order valence-electron chi connectivity index (χ0n) is 23.7. The average molecular weight is 561 g/mol. The molecule has 10 heteroatoms. The number of allylic oxidation sites excluding steroid dienone is 1. The van der Waals surface area contributed by atoms with E-state index in [2.05, 4.69) is 13.0 Å². The van der Waals surface area contributed by atoms with E-state index in [-0.39, 0.29) is 0 Å². The fourth-order valence-electron chi connectivity index (χ4n) is 4.89. The minimum atomic E-state index is -2.28. The maximum absolute atomic E-state index is 11.3. The second-order valence-electron chi connectivity index (χ2n) is 10.9. The van der Waals surface area contributed by atoms with Crippen LogP contribution in [0.5, 0.6) is 0 Å². The molecule has 0 bridgehead atoms. The van der Waals surface area contributed by atoms with Crippen LogP contribution in [0.15, 0.2) is 12.2 Å². The third-order valence-corrected chi connectivity index (χ3v) is 7.50. The van der Waals surface area contributed by atoms with Crippen LogP contribution in [-0.4, -0.2) is 85.5 Å². The monoisotopic (exact) mass is 560 g/mol. The molecule has 1 fully saturated rings. The number of rotatable bonds is 22. The lowest BCUT2D eigenvalue weighted by atomic mass is 9.81. The number of carboxylic acid groups (broad SMARTS) is 2. The van der Waals surface area contributed by atoms with Crippen LogP contribution in [-0.2, 0) is 19.1 Å². The van der Waals surface area contributed by atoms with Gasteiger partial charge in [-0.1, -0.05) is 83.3 Å². The molecular formula is C29H52O10. The summed E-state index contributed by atoms with van der Waals surface area (Å²) in [6.07, 6.45) is 11.8. The van der Waals surface area contributed by atoms with E-state index in [1.165, 1.54) is 64.2 Å². The van der Waals surface area contributed by atoms with Crippen LogP contribution in [0.1, 0.15) is 110 Å². The molecule has 228 valence electrons. The first-order valence-corrected chi connectivity index (χ1v) is 14.7. The van der Waals surface area contributed by atoms with Gasteiger partial charge >= 0.3 is 11.9 Å². The number of carboxylic acids is 2. The zero-order valence-corrected chi connectivity index (χ0v) is 23.7. The van der Waals surface area contributed by atoms with Gasteiger partial charge in [0.1, 0.15) is 23.9 Å². The van der Waals surface area contributed by atoms with Crippen LogP contribution in [0.2, 0.25) is 0 Å². The minimum Gasteiger partial charge on any atom is -0.481 e. The fraction of sp³-hybridized carbons (Fsp3) is 0.862. The Morgan fingerprint density at radius 1 is 0.923 bits per heavy atom. The highest BCUT2D eigenvalue weighted by atomic mass is 16.7. The lowest BCUT2D eigenvalue weighted by molar-refractivity contribution is -0.350. The number of aliphatic hydroxyl groups is 4. The van der Waals surface area contributed by atoms with Gasteiger partial charge in [-0.2, -0.15) is 0 Å². The van der Waals surface area contributed by atoms with E-state index in [9.17, 15) is 30.0 Å². The van der Waals surface area contributed by atoms with Gasteiger partial charge in [0.25, 0.3) is 0 Å². The molecular weight excluding hydrogens is 508 g/mol. The normalized spacial score (nSPS) is 26.3. The van der Waals surface area contributed by atoms with Crippen molar-refractivity contribution in [3.63, 3.8) is 0 Å². The molecule has 6 N–H and O–H groups in total. The molecule has 0 saturated carbocycles. The van der Waals surface area contributed by atoms with Crippen molar-refractivity contribution in [3.8, 4) is 0 Å². The van der Waals surface area contributed by atoms with Crippen LogP contribution in [0.4, 0.5) is 0 Å². The Balaban J connectivity index is 2.48. The molecule has 1 unspecified atom stereocenters. The molecule has 10 nitrogen and oxygen atoms in total. The fourth-order valence-corrected chi connectivity index (χ4v) is 4.89. The zero-order chi connectivity index (χ0) is 29.3. The van der Waals surface area contributed by atoms with Gasteiger partial charge in [0.05, 0.1) is 12.7 Å². The second kappa shape index (κ2) is 19.5. The summed E-state index contributed by atoms with van der Waals surface area (Å²) in [6, 6.07) is 0. The van der Waals surface area contributed by atoms with Crippen LogP contribution in [0.25, 0.3) is 0 Å². The summed E-state index contributed by atoms with van der Waals surface area (Å²) in [7, 11) is 0. The van der Waals surface area contributed by atoms with Gasteiger partial charge in [-0.25, -0.2) is 0 Å². The number of aliphatic carboxylic acids is 2. The van der Waals surface area contributed by atoms with Gasteiger partial charge in [-0.3, -0.25) is 9.59 Å². The molecule has 0 radical (unpaired) electrons. The van der Waals surface area contributed by atoms with Crippen LogP contribution in [0, 0.1) is 5.92 Å². The number of hydrogen-bond donors (Lipinski definition) is 6. The van der Waals surface area contributed by atoms with Crippen molar-refractivity contribution in [2.75, 3.05) is 6.61 Å². The molecule has 6 atom stereocenters. The molecule has 1 saturated heterocycles. The van der Waals surface area contributed by atoms with Crippen LogP contribution < -0.4 is 0 Å². The van der Waals surface area contributed by atoms with E-state index in [1.54, 1.807) is 6.92 Å². The van der Waals surface area contributed by atoms with E-state index in [0.29, 0.717) is 6.42 Å². The topological polar surface area (TPSA) is 174 Å². The summed E-state index contributed by atoms with van der Waals surface area (Å²) >= 11 is 0. The van der Waals surface area contributed by atoms with E-state index < -0.39 is 73.6 Å². The second-order valence-corrected chi connectivity index (χ2v) is 10.9. The molecule has 39 heavy (non-hydrogen) atoms. The summed E-state index contributed by atoms with van der Waals surface area (Å²) in [6.45, 7) is 3.32. The molecule has 1 rings (SSSR count). The highest BCUT2D eigenvalue weighted by molar-refractivity contribution is 5.92. The van der Waals surface area contributed by atoms with Gasteiger partial charge in [-0.05, 0) is 39.0 Å². The number of unbranched alkanes of at least 4 members (excludes halogenated alkanes) is 11. The van der Waals surface area contributed by atoms with E-state index >= 15 is 0 Å². The van der Waals surface area contributed by atoms with Crippen molar-refractivity contribution in [2.24, 2.45) is 5.92 Å². The third kappa shape index (κ3) is 12.7. The Kier molecular flexibility index (Phi) is 17.7. The van der Waals surface area contributed by atoms with E-state index in [4.69, 9.17) is 19.7 Å². The van der Waals surface area contributed by atoms with Gasteiger partial charge in [0.2, 0.25) is 0 Å². The molecule has 1 heterocycles. The molecule has 1 aliphatic heterocycles. The smallest absolute Gasteiger partial charge is 0.317 e. The summed E-state index contributed by atoms with van der Waals surface area (Å²) < 4.78 is 11.4. The van der Waals surface area contributed by atoms with Gasteiger partial charge < -0.3 is 40.1 Å². The van der Waals surface area contributed by atoms with E-state index in [1.807, 2.05) is 6.08 Å². The molecule has 0 aromatic heterocycles. The largest absolute Gasteiger partial charge is 0.481 e. The Labute approximate surface area is 233 Å². The lowest BCUT2D eigenvalue weighted by Crippen LogP contribution is -2.67. The highest BCUT2D eigenvalue weighted by Crippen LogP contribution is 2.36. The number of ether oxygens (including phenoxy) is 2. The third-order valence-electron chi connectivity index (χ3n) is 7.50. The number of carbonyl (C=O) groups is 2. The van der Waals surface area contributed by atoms with E-state index in [0.717, 1.165) is 12.8 Å². The quantitative estimate of drug-likeness (QED) is 0.0649. The highest BCUT2D eigenvalue weighted by Gasteiger charge is 2.55. The van der Waals surface area contributed by atoms with Crippen molar-refractivity contribution >= 4 is 11.9 Å². The first-order valence-electron chi connectivity index (χ1n) is 14.7. The van der Waals surface area contributed by atoms with Gasteiger partial charge in [-0.15, -0.1) is 0 Å². The maximum atomic E-state index is 11.3. The average Bonchev–Trinajstić information content (AvgIpc) is 2.89. The Morgan fingerprint density at radius 3 is 1.97 bits per heavy atom. The molecule has 1 aliphatic rings. The van der Waals surface area contributed by atoms with Gasteiger partial charge in [0, 0.05) is 0 Å². The SMILES string of the molecule is CCCCCCCCCCCCCC=CCC(C)O[C@@H]1O[C@H](CO)[C@H](O)[C@H](O)[C@]1(O)CCC(C(=O)O)C(=O)O. The number of aliphatic hydroxyl groups excluding tert-OH is 3. The summed E-state index contributed by atoms with van der Waals surface area (Å²) in [5.74, 6) is -4.98. The maximum Gasteiger partial charge on any atom is 0.317 e. The molecule has 0 aromatic carbocycles. The summed E-state index contributed by atoms with van der Waals surface area (Å²) in [5, 5.41) is 59.9. The molecule has 0 amide bonds. The van der Waals surface area contributed by atoms with Crippen molar-refractivity contribution in [1.82, 2.24) is 0 Å². The lowest BCUT2D eigenvalue weighted by Gasteiger charge is -2.48. The first-order chi connectivity index (χ1) is 18.6. The van der Waals surface area contributed by atoms with Crippen LogP contribution >= 0.6 is 0 Å². The Hall–Kier alpha value is -1.56. The van der Waals surface area contributed by atoms with Crippen LogP contribution in [0.3, 0.4) is 0 Å². The standard InChI is InChI=1S/C29H52O10/c1-3-4-5-6-7-8-9-10-11-12-13-14-15-16-17-21(2)38-28-29(37,19-18-22(26(33)34)27(35)36)25(32)24(31)23(20-30)39-28/h15-16,21-25,28,30-32,37H,3-14,17-20H2,1-2H3,(H,33,34)(H,35,36)/t21?,23-,24+,25+,28-,29-/m1/s1. The number of hydrogen-bond acceptors (Lipinski definition) is 8. The van der Waals surface area contributed by atoms with Crippen molar-refractivity contribution < 1.29 is 49.7 Å². The molecule has 0 spiro atoms. The summed E-state index contributed by atoms with van der Waals surface area (Å²) in [4.78, 5) is 22.5. The molecule has 0 aliphatic carbocycles. The minimum absolute atomic E-state index is 0.475. The van der Waals surface area contributed by atoms with Crippen molar-refractivity contribution in [1.29, 1.82) is 0 Å².